The summed E-state index contributed by atoms with van der Waals surface area (Å²) in [5, 5.41) is 9.48. The van der Waals surface area contributed by atoms with Crippen LogP contribution in [0.25, 0.3) is 0 Å². The molecule has 5 heteroatoms. The lowest BCUT2D eigenvalue weighted by molar-refractivity contribution is 0.237. The van der Waals surface area contributed by atoms with Gasteiger partial charge in [-0.1, -0.05) is 29.3 Å². The molecule has 0 aliphatic heterocycles. The standard InChI is InChI=1S/C6H13BrO3S/c1-2-3-6(8)11(9,10)5-4-7/h6,8H,2-5H2,1H3. The third-order valence-electron chi connectivity index (χ3n) is 1.31. The Kier molecular flexibility index (Phi) is 5.29. The second kappa shape index (κ2) is 5.11. The molecule has 0 heterocycles. The van der Waals surface area contributed by atoms with Crippen LogP contribution in [0.5, 0.6) is 0 Å². The molecule has 0 aliphatic carbocycles. The molecular weight excluding hydrogens is 232 g/mol. The molecule has 68 valence electrons. The predicted molar refractivity (Wildman–Crippen MR) is 48.5 cm³/mol. The van der Waals surface area contributed by atoms with Gasteiger partial charge in [-0.25, -0.2) is 8.42 Å². The zero-order chi connectivity index (χ0) is 8.91. The lowest BCUT2D eigenvalue weighted by atomic mass is 10.4. The van der Waals surface area contributed by atoms with Crippen molar-refractivity contribution < 1.29 is 13.5 Å². The van der Waals surface area contributed by atoms with E-state index in [1.54, 1.807) is 0 Å². The Labute approximate surface area is 75.9 Å². The number of hydrogen-bond acceptors (Lipinski definition) is 3. The molecule has 1 N–H and O–H groups in total. The molecule has 0 fully saturated rings. The molecule has 0 amide bonds. The summed E-state index contributed by atoms with van der Waals surface area (Å²) in [5.41, 5.74) is -1.18. The lowest BCUT2D eigenvalue weighted by Crippen LogP contribution is -2.24. The van der Waals surface area contributed by atoms with Crippen molar-refractivity contribution in [2.24, 2.45) is 0 Å². The highest BCUT2D eigenvalue weighted by Gasteiger charge is 2.20. The van der Waals surface area contributed by atoms with Gasteiger partial charge in [0.2, 0.25) is 0 Å². The minimum absolute atomic E-state index is 0.00810. The summed E-state index contributed by atoms with van der Waals surface area (Å²) in [4.78, 5) is 0. The fourth-order valence-corrected chi connectivity index (χ4v) is 3.11. The second-order valence-corrected chi connectivity index (χ2v) is 5.37. The predicted octanol–water partition coefficient (Wildman–Crippen LogP) is 0.915. The fraction of sp³-hybridized carbons (Fsp3) is 1.00. The number of aliphatic hydroxyl groups excluding tert-OH is 1. The summed E-state index contributed by atoms with van der Waals surface area (Å²) < 4.78 is 22.1. The lowest BCUT2D eigenvalue weighted by Gasteiger charge is -2.08. The number of aliphatic hydroxyl groups is 1. The highest BCUT2D eigenvalue weighted by molar-refractivity contribution is 9.09. The van der Waals surface area contributed by atoms with E-state index in [0.29, 0.717) is 18.2 Å². The van der Waals surface area contributed by atoms with Crippen LogP contribution in [0.3, 0.4) is 0 Å². The van der Waals surface area contributed by atoms with Crippen molar-refractivity contribution in [1.29, 1.82) is 0 Å². The average Bonchev–Trinajstić information content (AvgIpc) is 1.88. The van der Waals surface area contributed by atoms with Crippen molar-refractivity contribution in [1.82, 2.24) is 0 Å². The summed E-state index contributed by atoms with van der Waals surface area (Å²) in [6.07, 6.45) is 1.01. The third kappa shape index (κ3) is 4.08. The van der Waals surface area contributed by atoms with Gasteiger partial charge in [0, 0.05) is 5.33 Å². The molecule has 0 aliphatic rings. The van der Waals surface area contributed by atoms with Crippen molar-refractivity contribution in [3.05, 3.63) is 0 Å². The maximum Gasteiger partial charge on any atom is 0.177 e. The Morgan fingerprint density at radius 2 is 2.09 bits per heavy atom. The molecule has 1 atom stereocenters. The van der Waals surface area contributed by atoms with E-state index in [4.69, 9.17) is 5.11 Å². The number of alkyl halides is 1. The summed E-state index contributed by atoms with van der Waals surface area (Å²) in [5.74, 6) is 0.00810. The van der Waals surface area contributed by atoms with Crippen LogP contribution in [0.2, 0.25) is 0 Å². The molecule has 3 nitrogen and oxygen atoms in total. The smallest absolute Gasteiger partial charge is 0.177 e. The Morgan fingerprint density at radius 3 is 2.45 bits per heavy atom. The van der Waals surface area contributed by atoms with Gasteiger partial charge < -0.3 is 5.11 Å². The summed E-state index contributed by atoms with van der Waals surface area (Å²) in [6.45, 7) is 1.84. The maximum absolute atomic E-state index is 11.0. The number of rotatable bonds is 5. The zero-order valence-electron chi connectivity index (χ0n) is 6.46. The van der Waals surface area contributed by atoms with Gasteiger partial charge in [-0.15, -0.1) is 0 Å². The van der Waals surface area contributed by atoms with Crippen LogP contribution in [0, 0.1) is 0 Å². The van der Waals surface area contributed by atoms with Gasteiger partial charge in [0.15, 0.2) is 15.3 Å². The molecule has 0 aromatic heterocycles. The van der Waals surface area contributed by atoms with E-state index in [9.17, 15) is 8.42 Å². The second-order valence-electron chi connectivity index (χ2n) is 2.30. The highest BCUT2D eigenvalue weighted by Crippen LogP contribution is 2.06. The largest absolute Gasteiger partial charge is 0.377 e. The van der Waals surface area contributed by atoms with Crippen molar-refractivity contribution in [3.8, 4) is 0 Å². The minimum Gasteiger partial charge on any atom is -0.377 e. The molecule has 11 heavy (non-hydrogen) atoms. The monoisotopic (exact) mass is 244 g/mol. The minimum atomic E-state index is -3.26. The van der Waals surface area contributed by atoms with E-state index >= 15 is 0 Å². The first kappa shape index (κ1) is 11.4. The Bertz CT molecular complexity index is 188. The van der Waals surface area contributed by atoms with Crippen LogP contribution in [-0.2, 0) is 9.84 Å². The van der Waals surface area contributed by atoms with Gasteiger partial charge in [-0.2, -0.15) is 0 Å². The van der Waals surface area contributed by atoms with E-state index in [-0.39, 0.29) is 5.75 Å². The number of hydrogen-bond donors (Lipinski definition) is 1. The van der Waals surface area contributed by atoms with Gasteiger partial charge in [0.1, 0.15) is 0 Å². The molecule has 0 saturated heterocycles. The van der Waals surface area contributed by atoms with Crippen LogP contribution in [0.15, 0.2) is 0 Å². The molecule has 0 rings (SSSR count). The van der Waals surface area contributed by atoms with Crippen LogP contribution in [0.4, 0.5) is 0 Å². The van der Waals surface area contributed by atoms with Gasteiger partial charge >= 0.3 is 0 Å². The van der Waals surface area contributed by atoms with E-state index in [0.717, 1.165) is 0 Å². The first-order valence-corrected chi connectivity index (χ1v) is 6.34. The molecule has 1 unspecified atom stereocenters. The van der Waals surface area contributed by atoms with Gasteiger partial charge in [-0.3, -0.25) is 0 Å². The summed E-state index contributed by atoms with van der Waals surface area (Å²) >= 11 is 3.01. The van der Waals surface area contributed by atoms with Crippen LogP contribution < -0.4 is 0 Å². The van der Waals surface area contributed by atoms with Crippen LogP contribution >= 0.6 is 15.9 Å². The number of halogens is 1. The zero-order valence-corrected chi connectivity index (χ0v) is 8.86. The summed E-state index contributed by atoms with van der Waals surface area (Å²) in [6, 6.07) is 0. The third-order valence-corrected chi connectivity index (χ3v) is 4.07. The van der Waals surface area contributed by atoms with E-state index in [2.05, 4.69) is 15.9 Å². The van der Waals surface area contributed by atoms with Crippen molar-refractivity contribution in [3.63, 3.8) is 0 Å². The van der Waals surface area contributed by atoms with Gasteiger partial charge in [0.25, 0.3) is 0 Å². The van der Waals surface area contributed by atoms with Gasteiger partial charge in [0.05, 0.1) is 5.75 Å². The Hall–Kier alpha value is 0.390. The molecule has 0 saturated carbocycles. The quantitative estimate of drug-likeness (QED) is 0.732. The summed E-state index contributed by atoms with van der Waals surface area (Å²) in [7, 11) is -3.26. The molecule has 0 radical (unpaired) electrons. The molecule has 0 aromatic rings. The molecular formula is C6H13BrO3S. The Morgan fingerprint density at radius 1 is 1.55 bits per heavy atom. The first-order valence-electron chi connectivity index (χ1n) is 3.50. The average molecular weight is 245 g/mol. The number of sulfone groups is 1. The van der Waals surface area contributed by atoms with E-state index in [1.807, 2.05) is 6.92 Å². The molecule has 0 spiro atoms. The normalized spacial score (nSPS) is 14.8. The maximum atomic E-state index is 11.0. The van der Waals surface area contributed by atoms with Crippen molar-refractivity contribution in [2.45, 2.75) is 25.2 Å². The van der Waals surface area contributed by atoms with E-state index < -0.39 is 15.3 Å². The first-order chi connectivity index (χ1) is 5.04. The van der Waals surface area contributed by atoms with Crippen molar-refractivity contribution in [2.75, 3.05) is 11.1 Å². The molecule has 0 aromatic carbocycles. The highest BCUT2D eigenvalue weighted by atomic mass is 79.9. The van der Waals surface area contributed by atoms with Gasteiger partial charge in [-0.05, 0) is 6.42 Å². The topological polar surface area (TPSA) is 54.4 Å². The van der Waals surface area contributed by atoms with Crippen LogP contribution in [0.1, 0.15) is 19.8 Å². The SMILES string of the molecule is CCCC(O)S(=O)(=O)CCBr. The van der Waals surface area contributed by atoms with Crippen molar-refractivity contribution >= 4 is 25.8 Å². The Balaban J connectivity index is 4.07. The van der Waals surface area contributed by atoms with Crippen LogP contribution in [-0.4, -0.2) is 30.0 Å². The fourth-order valence-electron chi connectivity index (χ4n) is 0.670. The van der Waals surface area contributed by atoms with E-state index in [1.165, 1.54) is 0 Å². The molecule has 0 bridgehead atoms.